The largest absolute Gasteiger partial charge is 0.496 e. The Morgan fingerprint density at radius 3 is 2.81 bits per heavy atom. The van der Waals surface area contributed by atoms with Crippen molar-refractivity contribution in [2.45, 2.75) is 25.3 Å². The molecule has 0 amide bonds. The maximum Gasteiger partial charge on any atom is 0.231 e. The molecule has 2 aromatic carbocycles. The van der Waals surface area contributed by atoms with Gasteiger partial charge in [0, 0.05) is 18.2 Å². The highest BCUT2D eigenvalue weighted by Gasteiger charge is 2.36. The van der Waals surface area contributed by atoms with E-state index in [1.54, 1.807) is 7.11 Å². The lowest BCUT2D eigenvalue weighted by molar-refractivity contribution is 0.174. The molecule has 2 aromatic rings. The van der Waals surface area contributed by atoms with Gasteiger partial charge in [0.15, 0.2) is 11.5 Å². The smallest absolute Gasteiger partial charge is 0.231 e. The number of hydrogen-bond donors (Lipinski definition) is 0. The summed E-state index contributed by atoms with van der Waals surface area (Å²) in [5.74, 6) is 2.66. The Hall–Kier alpha value is -2.46. The predicted molar refractivity (Wildman–Crippen MR) is 101 cm³/mol. The summed E-state index contributed by atoms with van der Waals surface area (Å²) in [6, 6.07) is 7.01. The molecule has 2 aliphatic heterocycles. The van der Waals surface area contributed by atoms with Crippen molar-refractivity contribution in [3.63, 3.8) is 0 Å². The number of ether oxygens (including phenoxy) is 3. The van der Waals surface area contributed by atoms with Crippen LogP contribution in [0.2, 0.25) is 0 Å². The molecule has 4 heteroatoms. The molecule has 0 N–H and O–H groups in total. The van der Waals surface area contributed by atoms with Gasteiger partial charge in [0.05, 0.1) is 7.11 Å². The molecule has 1 atom stereocenters. The van der Waals surface area contributed by atoms with E-state index >= 15 is 0 Å². The van der Waals surface area contributed by atoms with Crippen molar-refractivity contribution in [1.29, 1.82) is 0 Å². The monoisotopic (exact) mass is 349 g/mol. The van der Waals surface area contributed by atoms with Gasteiger partial charge in [-0.05, 0) is 66.3 Å². The van der Waals surface area contributed by atoms with Crippen LogP contribution in [0.3, 0.4) is 0 Å². The fourth-order valence-electron chi connectivity index (χ4n) is 4.72. The Kier molecular flexibility index (Phi) is 3.50. The van der Waals surface area contributed by atoms with E-state index in [-0.39, 0.29) is 0 Å². The van der Waals surface area contributed by atoms with Crippen molar-refractivity contribution in [3.05, 3.63) is 53.1 Å². The molecule has 5 rings (SSSR count). The Balaban J connectivity index is 1.83. The maximum atomic E-state index is 5.94. The summed E-state index contributed by atoms with van der Waals surface area (Å²) in [4.78, 5) is 2.46. The lowest BCUT2D eigenvalue weighted by atomic mass is 9.75. The molecule has 0 saturated heterocycles. The van der Waals surface area contributed by atoms with E-state index < -0.39 is 0 Å². The van der Waals surface area contributed by atoms with Crippen LogP contribution in [0.5, 0.6) is 17.2 Å². The van der Waals surface area contributed by atoms with Gasteiger partial charge < -0.3 is 14.2 Å². The van der Waals surface area contributed by atoms with Crippen LogP contribution in [0, 0.1) is 0 Å². The number of likely N-dealkylation sites (N-methyl/N-ethyl adjacent to an activating group) is 1. The molecule has 2 heterocycles. The van der Waals surface area contributed by atoms with Gasteiger partial charge in [-0.1, -0.05) is 12.1 Å². The normalized spacial score (nSPS) is 19.7. The molecule has 134 valence electrons. The second-order valence-corrected chi connectivity index (χ2v) is 7.32. The molecular formula is C22H23NO3. The van der Waals surface area contributed by atoms with Gasteiger partial charge in [-0.15, -0.1) is 6.58 Å². The fraction of sp³-hybridized carbons (Fsp3) is 0.364. The number of rotatable bonds is 3. The van der Waals surface area contributed by atoms with Crippen molar-refractivity contribution in [3.8, 4) is 28.4 Å². The van der Waals surface area contributed by atoms with Gasteiger partial charge in [-0.2, -0.15) is 0 Å². The van der Waals surface area contributed by atoms with Crippen molar-refractivity contribution in [2.24, 2.45) is 0 Å². The summed E-state index contributed by atoms with van der Waals surface area (Å²) < 4.78 is 17.2. The lowest BCUT2D eigenvalue weighted by Crippen LogP contribution is -2.35. The number of hydrogen-bond acceptors (Lipinski definition) is 4. The molecule has 0 radical (unpaired) electrons. The third-order valence-electron chi connectivity index (χ3n) is 5.93. The van der Waals surface area contributed by atoms with E-state index in [4.69, 9.17) is 14.2 Å². The minimum atomic E-state index is 0.299. The molecule has 0 fully saturated rings. The summed E-state index contributed by atoms with van der Waals surface area (Å²) in [7, 11) is 3.99. The van der Waals surface area contributed by atoms with E-state index in [0.29, 0.717) is 12.8 Å². The number of fused-ring (bicyclic) bond motifs is 3. The van der Waals surface area contributed by atoms with Crippen molar-refractivity contribution < 1.29 is 14.2 Å². The van der Waals surface area contributed by atoms with Gasteiger partial charge >= 0.3 is 0 Å². The van der Waals surface area contributed by atoms with Crippen LogP contribution in [0.25, 0.3) is 11.1 Å². The Morgan fingerprint density at radius 1 is 1.23 bits per heavy atom. The number of methoxy groups -OCH3 is 1. The molecular weight excluding hydrogens is 326 g/mol. The molecule has 0 spiro atoms. The van der Waals surface area contributed by atoms with Crippen molar-refractivity contribution >= 4 is 0 Å². The quantitative estimate of drug-likeness (QED) is 0.787. The zero-order chi connectivity index (χ0) is 17.8. The van der Waals surface area contributed by atoms with Gasteiger partial charge in [0.2, 0.25) is 6.79 Å². The molecule has 0 aromatic heterocycles. The highest BCUT2D eigenvalue weighted by molar-refractivity contribution is 5.84. The van der Waals surface area contributed by atoms with Gasteiger partial charge in [0.1, 0.15) is 5.75 Å². The van der Waals surface area contributed by atoms with Crippen LogP contribution >= 0.6 is 0 Å². The second-order valence-electron chi connectivity index (χ2n) is 7.32. The minimum Gasteiger partial charge on any atom is -0.496 e. The second kappa shape index (κ2) is 5.78. The Bertz CT molecular complexity index is 918. The Morgan fingerprint density at radius 2 is 2.04 bits per heavy atom. The summed E-state index contributed by atoms with van der Waals surface area (Å²) in [6.45, 7) is 5.31. The molecule has 0 saturated carbocycles. The van der Waals surface area contributed by atoms with E-state index in [2.05, 4.69) is 36.7 Å². The third-order valence-corrected chi connectivity index (χ3v) is 5.93. The van der Waals surface area contributed by atoms with Gasteiger partial charge in [-0.25, -0.2) is 0 Å². The summed E-state index contributed by atoms with van der Waals surface area (Å²) in [6.07, 6.45) is 4.83. The third kappa shape index (κ3) is 2.12. The molecule has 26 heavy (non-hydrogen) atoms. The highest BCUT2D eigenvalue weighted by atomic mass is 16.7. The maximum absolute atomic E-state index is 5.94. The van der Waals surface area contributed by atoms with Crippen molar-refractivity contribution in [2.75, 3.05) is 27.5 Å². The minimum absolute atomic E-state index is 0.299. The fourth-order valence-corrected chi connectivity index (χ4v) is 4.72. The van der Waals surface area contributed by atoms with Gasteiger partial charge in [0.25, 0.3) is 0 Å². The molecule has 1 aliphatic carbocycles. The summed E-state index contributed by atoms with van der Waals surface area (Å²) in [5.41, 5.74) is 7.85. The van der Waals surface area contributed by atoms with Crippen LogP contribution in [-0.4, -0.2) is 32.4 Å². The van der Waals surface area contributed by atoms with E-state index in [0.717, 1.165) is 43.1 Å². The number of allylic oxidation sites excluding steroid dienone is 1. The van der Waals surface area contributed by atoms with Gasteiger partial charge in [-0.3, -0.25) is 4.90 Å². The molecule has 0 bridgehead atoms. The first-order valence-electron chi connectivity index (χ1n) is 9.18. The standard InChI is InChI=1S/C22H23NO3/c1-4-5-14-8-13-6-7-23(2)17-9-15-10-18-19(26-12-25-18)11-16(15)21(20(13)17)22(14)24-3/h4,8,10-11,17H,1,5-7,9,12H2,2-3H3. The zero-order valence-electron chi connectivity index (χ0n) is 15.3. The van der Waals surface area contributed by atoms with E-state index in [1.165, 1.54) is 33.4 Å². The SMILES string of the molecule is C=CCc1cc2c3c(c1OC)-c1cc4c(cc1CC3N(C)CC2)OCO4. The zero-order valence-corrected chi connectivity index (χ0v) is 15.3. The van der Waals surface area contributed by atoms with Crippen molar-refractivity contribution in [1.82, 2.24) is 4.90 Å². The van der Waals surface area contributed by atoms with Crippen LogP contribution in [0.4, 0.5) is 0 Å². The van der Waals surface area contributed by atoms with Crippen LogP contribution in [-0.2, 0) is 19.3 Å². The summed E-state index contributed by atoms with van der Waals surface area (Å²) in [5, 5.41) is 0. The lowest BCUT2D eigenvalue weighted by Gasteiger charge is -2.40. The highest BCUT2D eigenvalue weighted by Crippen LogP contribution is 2.52. The summed E-state index contributed by atoms with van der Waals surface area (Å²) >= 11 is 0. The first kappa shape index (κ1) is 15.8. The topological polar surface area (TPSA) is 30.9 Å². The van der Waals surface area contributed by atoms with Crippen LogP contribution in [0.15, 0.2) is 30.9 Å². The average Bonchev–Trinajstić information content (AvgIpc) is 3.10. The van der Waals surface area contributed by atoms with Crippen LogP contribution in [0.1, 0.15) is 28.3 Å². The first-order chi connectivity index (χ1) is 12.7. The number of nitrogens with zero attached hydrogens (tertiary/aromatic N) is 1. The Labute approximate surface area is 154 Å². The van der Waals surface area contributed by atoms with E-state index in [1.807, 2.05) is 6.08 Å². The molecule has 1 unspecified atom stereocenters. The first-order valence-corrected chi connectivity index (χ1v) is 9.18. The van der Waals surface area contributed by atoms with E-state index in [9.17, 15) is 0 Å². The number of benzene rings is 2. The predicted octanol–water partition coefficient (Wildman–Crippen LogP) is 3.90. The molecule has 4 nitrogen and oxygen atoms in total. The molecule has 3 aliphatic rings. The van der Waals surface area contributed by atoms with Crippen LogP contribution < -0.4 is 14.2 Å². The average molecular weight is 349 g/mol.